The van der Waals surface area contributed by atoms with Gasteiger partial charge in [0.25, 0.3) is 11.5 Å². The molecule has 1 aromatic carbocycles. The molecule has 116 valence electrons. The van der Waals surface area contributed by atoms with E-state index in [1.54, 1.807) is 30.1 Å². The highest BCUT2D eigenvalue weighted by Gasteiger charge is 2.26. The smallest absolute Gasteiger partial charge is 0.275 e. The van der Waals surface area contributed by atoms with E-state index in [0.717, 1.165) is 6.42 Å². The molecule has 0 saturated carbocycles. The lowest BCUT2D eigenvalue weighted by Gasteiger charge is -2.32. The fourth-order valence-electron chi connectivity index (χ4n) is 2.76. The largest absolute Gasteiger partial charge is 0.375 e. The van der Waals surface area contributed by atoms with Crippen LogP contribution in [0.2, 0.25) is 0 Å². The summed E-state index contributed by atoms with van der Waals surface area (Å²) >= 11 is 0. The van der Waals surface area contributed by atoms with E-state index < -0.39 is 0 Å². The summed E-state index contributed by atoms with van der Waals surface area (Å²) in [5.41, 5.74) is 0.134. The minimum atomic E-state index is -0.194. The SMILES string of the molecule is CC[C@H]1CN(C(=O)c2nn(C)c(=O)c3ccccc23)CCO1. The number of hydrogen-bond acceptors (Lipinski definition) is 4. The molecular formula is C16H19N3O3. The normalized spacial score (nSPS) is 18.6. The molecule has 2 heterocycles. The quantitative estimate of drug-likeness (QED) is 0.835. The fraction of sp³-hybridized carbons (Fsp3) is 0.438. The zero-order chi connectivity index (χ0) is 15.7. The van der Waals surface area contributed by atoms with Gasteiger partial charge in [0.15, 0.2) is 5.69 Å². The molecule has 0 spiro atoms. The third-order valence-corrected chi connectivity index (χ3v) is 4.04. The van der Waals surface area contributed by atoms with Crippen molar-refractivity contribution >= 4 is 16.7 Å². The zero-order valence-electron chi connectivity index (χ0n) is 12.8. The first-order valence-corrected chi connectivity index (χ1v) is 7.48. The van der Waals surface area contributed by atoms with Gasteiger partial charge in [-0.15, -0.1) is 0 Å². The van der Waals surface area contributed by atoms with Gasteiger partial charge < -0.3 is 9.64 Å². The maximum atomic E-state index is 12.8. The summed E-state index contributed by atoms with van der Waals surface area (Å²) in [4.78, 5) is 26.7. The standard InChI is InChI=1S/C16H19N3O3/c1-3-11-10-19(8-9-22-11)16(21)14-12-6-4-5-7-13(12)15(20)18(2)17-14/h4-7,11H,3,8-10H2,1-2H3/t11-/m0/s1. The third kappa shape index (κ3) is 2.50. The second-order valence-corrected chi connectivity index (χ2v) is 5.48. The summed E-state index contributed by atoms with van der Waals surface area (Å²) in [6.45, 7) is 3.69. The molecular weight excluding hydrogens is 282 g/mol. The first-order valence-electron chi connectivity index (χ1n) is 7.48. The van der Waals surface area contributed by atoms with E-state index in [4.69, 9.17) is 4.74 Å². The average Bonchev–Trinajstić information content (AvgIpc) is 2.57. The van der Waals surface area contributed by atoms with Crippen LogP contribution in [0.1, 0.15) is 23.8 Å². The van der Waals surface area contributed by atoms with Crippen molar-refractivity contribution < 1.29 is 9.53 Å². The number of morpholine rings is 1. The second kappa shape index (κ2) is 5.88. The Morgan fingerprint density at radius 1 is 1.36 bits per heavy atom. The Balaban J connectivity index is 2.04. The van der Waals surface area contributed by atoms with E-state index in [0.29, 0.717) is 36.2 Å². The number of aryl methyl sites for hydroxylation is 1. The van der Waals surface area contributed by atoms with E-state index in [2.05, 4.69) is 5.10 Å². The molecule has 2 aromatic rings. The van der Waals surface area contributed by atoms with Gasteiger partial charge in [0.2, 0.25) is 0 Å². The molecule has 0 bridgehead atoms. The highest BCUT2D eigenvalue weighted by atomic mass is 16.5. The molecule has 0 unspecified atom stereocenters. The summed E-state index contributed by atoms with van der Waals surface area (Å²) in [6.07, 6.45) is 0.933. The molecule has 6 nitrogen and oxygen atoms in total. The molecule has 1 aliphatic rings. The summed E-state index contributed by atoms with van der Waals surface area (Å²) in [5, 5.41) is 5.32. The predicted octanol–water partition coefficient (Wildman–Crippen LogP) is 1.18. The first-order chi connectivity index (χ1) is 10.6. The number of ether oxygens (including phenoxy) is 1. The van der Waals surface area contributed by atoms with Crippen molar-refractivity contribution in [3.05, 3.63) is 40.3 Å². The van der Waals surface area contributed by atoms with Gasteiger partial charge in [-0.05, 0) is 12.5 Å². The minimum absolute atomic E-state index is 0.0662. The molecule has 22 heavy (non-hydrogen) atoms. The molecule has 1 saturated heterocycles. The Morgan fingerprint density at radius 3 is 2.82 bits per heavy atom. The molecule has 3 rings (SSSR count). The van der Waals surface area contributed by atoms with E-state index in [-0.39, 0.29) is 17.6 Å². The molecule has 6 heteroatoms. The average molecular weight is 301 g/mol. The van der Waals surface area contributed by atoms with Crippen LogP contribution in [-0.4, -0.2) is 46.4 Å². The van der Waals surface area contributed by atoms with Crippen molar-refractivity contribution in [1.29, 1.82) is 0 Å². The van der Waals surface area contributed by atoms with E-state index >= 15 is 0 Å². The van der Waals surface area contributed by atoms with Gasteiger partial charge in [0, 0.05) is 25.5 Å². The molecule has 0 aliphatic carbocycles. The van der Waals surface area contributed by atoms with Gasteiger partial charge in [-0.25, -0.2) is 4.68 Å². The van der Waals surface area contributed by atoms with Gasteiger partial charge in [-0.1, -0.05) is 25.1 Å². The van der Waals surface area contributed by atoms with Crippen LogP contribution in [0.25, 0.3) is 10.8 Å². The number of aromatic nitrogens is 2. The molecule has 1 fully saturated rings. The molecule has 0 N–H and O–H groups in total. The van der Waals surface area contributed by atoms with Gasteiger partial charge in [-0.2, -0.15) is 5.10 Å². The highest BCUT2D eigenvalue weighted by molar-refractivity contribution is 6.04. The van der Waals surface area contributed by atoms with Gasteiger partial charge >= 0.3 is 0 Å². The van der Waals surface area contributed by atoms with Crippen molar-refractivity contribution in [3.8, 4) is 0 Å². The van der Waals surface area contributed by atoms with Crippen LogP contribution in [0, 0.1) is 0 Å². The molecule has 1 aliphatic heterocycles. The van der Waals surface area contributed by atoms with E-state index in [9.17, 15) is 9.59 Å². The van der Waals surface area contributed by atoms with Gasteiger partial charge in [0.05, 0.1) is 18.1 Å². The van der Waals surface area contributed by atoms with E-state index in [1.807, 2.05) is 13.0 Å². The van der Waals surface area contributed by atoms with Crippen molar-refractivity contribution in [1.82, 2.24) is 14.7 Å². The number of carbonyl (C=O) groups is 1. The Bertz CT molecular complexity index is 769. The topological polar surface area (TPSA) is 64.4 Å². The third-order valence-electron chi connectivity index (χ3n) is 4.04. The summed E-state index contributed by atoms with van der Waals surface area (Å²) < 4.78 is 6.83. The summed E-state index contributed by atoms with van der Waals surface area (Å²) in [6, 6.07) is 7.10. The number of benzene rings is 1. The number of nitrogens with zero attached hydrogens (tertiary/aromatic N) is 3. The van der Waals surface area contributed by atoms with Gasteiger partial charge in [0.1, 0.15) is 0 Å². The molecule has 0 radical (unpaired) electrons. The number of carbonyl (C=O) groups excluding carboxylic acids is 1. The monoisotopic (exact) mass is 301 g/mol. The Labute approximate surface area is 128 Å². The van der Waals surface area contributed by atoms with Crippen LogP contribution >= 0.6 is 0 Å². The van der Waals surface area contributed by atoms with Crippen molar-refractivity contribution in [2.75, 3.05) is 19.7 Å². The first kappa shape index (κ1) is 14.7. The lowest BCUT2D eigenvalue weighted by atomic mass is 10.1. The lowest BCUT2D eigenvalue weighted by molar-refractivity contribution is -0.0228. The maximum absolute atomic E-state index is 12.8. The van der Waals surface area contributed by atoms with Crippen LogP contribution in [0.4, 0.5) is 0 Å². The molecule has 1 atom stereocenters. The predicted molar refractivity (Wildman–Crippen MR) is 82.9 cm³/mol. The van der Waals surface area contributed by atoms with Crippen LogP contribution < -0.4 is 5.56 Å². The second-order valence-electron chi connectivity index (χ2n) is 5.48. The number of amides is 1. The maximum Gasteiger partial charge on any atom is 0.275 e. The van der Waals surface area contributed by atoms with Crippen LogP contribution in [0.5, 0.6) is 0 Å². The van der Waals surface area contributed by atoms with Crippen molar-refractivity contribution in [3.63, 3.8) is 0 Å². The van der Waals surface area contributed by atoms with Crippen molar-refractivity contribution in [2.24, 2.45) is 7.05 Å². The van der Waals surface area contributed by atoms with E-state index in [1.165, 1.54) is 4.68 Å². The Morgan fingerprint density at radius 2 is 2.09 bits per heavy atom. The zero-order valence-corrected chi connectivity index (χ0v) is 12.8. The van der Waals surface area contributed by atoms with Crippen LogP contribution in [0.15, 0.2) is 29.1 Å². The van der Waals surface area contributed by atoms with Gasteiger partial charge in [-0.3, -0.25) is 9.59 Å². The Kier molecular flexibility index (Phi) is 3.94. The summed E-state index contributed by atoms with van der Waals surface area (Å²) in [7, 11) is 1.57. The van der Waals surface area contributed by atoms with Crippen LogP contribution in [0.3, 0.4) is 0 Å². The lowest BCUT2D eigenvalue weighted by Crippen LogP contribution is -2.46. The number of hydrogen-bond donors (Lipinski definition) is 0. The Hall–Kier alpha value is -2.21. The summed E-state index contributed by atoms with van der Waals surface area (Å²) in [5.74, 6) is -0.145. The minimum Gasteiger partial charge on any atom is -0.375 e. The highest BCUT2D eigenvalue weighted by Crippen LogP contribution is 2.17. The number of fused-ring (bicyclic) bond motifs is 1. The van der Waals surface area contributed by atoms with Crippen molar-refractivity contribution in [2.45, 2.75) is 19.4 Å². The number of rotatable bonds is 2. The molecule has 1 amide bonds. The van der Waals surface area contributed by atoms with Crippen LogP contribution in [-0.2, 0) is 11.8 Å². The molecule has 1 aromatic heterocycles. The fourth-order valence-corrected chi connectivity index (χ4v) is 2.76.